The maximum Gasteiger partial charge on any atom is 0.346 e. The van der Waals surface area contributed by atoms with Crippen LogP contribution in [0.4, 0.5) is 0 Å². The predicted octanol–water partition coefficient (Wildman–Crippen LogP) is 8.40. The Kier molecular flexibility index (Phi) is 10.6. The normalized spacial score (nSPS) is 12.4. The van der Waals surface area contributed by atoms with Crippen molar-refractivity contribution in [2.75, 3.05) is 0 Å². The second-order valence-electron chi connectivity index (χ2n) is 16.8. The first-order chi connectivity index (χ1) is 29.9. The molecule has 62 heavy (non-hydrogen) atoms. The van der Waals surface area contributed by atoms with E-state index in [0.717, 1.165) is 64.5 Å². The fourth-order valence-corrected chi connectivity index (χ4v) is 16.2. The van der Waals surface area contributed by atoms with Gasteiger partial charge in [0, 0.05) is 22.3 Å². The number of ketones is 2. The minimum absolute atomic E-state index is 0.223. The quantitative estimate of drug-likeness (QED) is 0.103. The lowest BCUT2D eigenvalue weighted by molar-refractivity contribution is 0.0979. The molecule has 0 spiro atoms. The number of fused-ring (bicyclic) bond motifs is 2. The fourth-order valence-electron chi connectivity index (χ4n) is 8.67. The van der Waals surface area contributed by atoms with E-state index in [1.165, 1.54) is 0 Å². The van der Waals surface area contributed by atoms with Crippen molar-refractivity contribution in [3.05, 3.63) is 238 Å². The van der Waals surface area contributed by atoms with Crippen molar-refractivity contribution in [3.63, 3.8) is 0 Å². The van der Waals surface area contributed by atoms with Crippen molar-refractivity contribution in [2.45, 2.75) is 41.5 Å². The molecular weight excluding hydrogens is 793 g/mol. The van der Waals surface area contributed by atoms with E-state index in [9.17, 15) is 9.59 Å². The molecule has 0 aliphatic heterocycles. The molecule has 0 amide bonds. The lowest BCUT2D eigenvalue weighted by Crippen LogP contribution is -2.71. The van der Waals surface area contributed by atoms with Gasteiger partial charge in [-0.05, 0) is 109 Å². The molecule has 0 aromatic heterocycles. The highest BCUT2D eigenvalue weighted by molar-refractivity contribution is 7.08. The molecule has 0 N–H and O–H groups in total. The lowest BCUT2D eigenvalue weighted by atomic mass is 9.84. The first-order valence-electron chi connectivity index (χ1n) is 21.1. The van der Waals surface area contributed by atoms with Crippen LogP contribution in [0.2, 0.25) is 0 Å². The molecule has 1 aliphatic carbocycles. The van der Waals surface area contributed by atoms with Gasteiger partial charge in [0.1, 0.15) is 11.5 Å². The summed E-state index contributed by atoms with van der Waals surface area (Å²) < 4.78 is 14.8. The van der Waals surface area contributed by atoms with Gasteiger partial charge < -0.3 is 8.85 Å². The number of carbonyl (C=O) groups excluding carboxylic acids is 2. The molecule has 0 bridgehead atoms. The summed E-state index contributed by atoms with van der Waals surface area (Å²) in [5.74, 6) is 0.622. The van der Waals surface area contributed by atoms with Crippen LogP contribution in [0.15, 0.2) is 182 Å². The average molecular weight is 841 g/mol. The van der Waals surface area contributed by atoms with Gasteiger partial charge in [-0.2, -0.15) is 0 Å². The van der Waals surface area contributed by atoms with Crippen molar-refractivity contribution in [2.24, 2.45) is 0 Å². The second kappa shape index (κ2) is 16.2. The Morgan fingerprint density at radius 1 is 0.274 bits per heavy atom. The van der Waals surface area contributed by atoms with Crippen LogP contribution in [0.25, 0.3) is 0 Å². The zero-order valence-corrected chi connectivity index (χ0v) is 38.0. The molecule has 8 aromatic carbocycles. The van der Waals surface area contributed by atoms with Gasteiger partial charge in [-0.3, -0.25) is 9.59 Å². The van der Waals surface area contributed by atoms with E-state index >= 15 is 0 Å². The van der Waals surface area contributed by atoms with Gasteiger partial charge in [-0.15, -0.1) is 0 Å². The van der Waals surface area contributed by atoms with E-state index in [0.29, 0.717) is 33.8 Å². The summed E-state index contributed by atoms with van der Waals surface area (Å²) in [7, 11) is -6.44. The first kappa shape index (κ1) is 40.5. The van der Waals surface area contributed by atoms with Gasteiger partial charge in [0.15, 0.2) is 11.6 Å². The highest BCUT2D eigenvalue weighted by Crippen LogP contribution is 2.34. The van der Waals surface area contributed by atoms with Crippen LogP contribution in [0.5, 0.6) is 11.5 Å². The maximum absolute atomic E-state index is 14.6. The van der Waals surface area contributed by atoms with Gasteiger partial charge in [0.25, 0.3) is 0 Å². The third kappa shape index (κ3) is 7.25. The van der Waals surface area contributed by atoms with Crippen LogP contribution in [0.1, 0.15) is 65.2 Å². The van der Waals surface area contributed by atoms with Gasteiger partial charge in [-0.25, -0.2) is 0 Å². The lowest BCUT2D eigenvalue weighted by Gasteiger charge is -2.34. The van der Waals surface area contributed by atoms with Gasteiger partial charge in [0.2, 0.25) is 0 Å². The van der Waals surface area contributed by atoms with E-state index in [1.54, 1.807) is 24.3 Å². The number of aryl methyl sites for hydroxylation is 6. The van der Waals surface area contributed by atoms with Crippen molar-refractivity contribution in [3.8, 4) is 11.5 Å². The van der Waals surface area contributed by atoms with Crippen molar-refractivity contribution in [1.29, 1.82) is 0 Å². The molecule has 1 aliphatic rings. The topological polar surface area (TPSA) is 52.6 Å². The van der Waals surface area contributed by atoms with E-state index in [2.05, 4.69) is 187 Å². The largest absolute Gasteiger partial charge is 0.530 e. The van der Waals surface area contributed by atoms with E-state index in [4.69, 9.17) is 8.85 Å². The molecule has 304 valence electrons. The van der Waals surface area contributed by atoms with Crippen LogP contribution >= 0.6 is 0 Å². The number of benzene rings is 8. The van der Waals surface area contributed by atoms with Crippen LogP contribution in [-0.4, -0.2) is 28.2 Å². The van der Waals surface area contributed by atoms with Crippen molar-refractivity contribution >= 4 is 59.3 Å². The van der Waals surface area contributed by atoms with Crippen molar-refractivity contribution in [1.82, 2.24) is 0 Å². The summed E-state index contributed by atoms with van der Waals surface area (Å²) in [6.07, 6.45) is 0. The SMILES string of the molecule is Cc1ccc([Si](Oc2ccc3c(c2)C(=O)c2ccc(O[Si](c4ccc(C)cc4)(c4ccc(C)cc4)c4ccc(C)cc4)cc2C3=O)(c2ccc(C)cc2)c2ccc(C)cc2)cc1. The van der Waals surface area contributed by atoms with Gasteiger partial charge >= 0.3 is 16.6 Å². The molecule has 4 nitrogen and oxygen atoms in total. The van der Waals surface area contributed by atoms with Crippen molar-refractivity contribution < 1.29 is 18.4 Å². The van der Waals surface area contributed by atoms with Gasteiger partial charge in [-0.1, -0.05) is 179 Å². The number of rotatable bonds is 10. The van der Waals surface area contributed by atoms with E-state index in [1.807, 2.05) is 12.1 Å². The highest BCUT2D eigenvalue weighted by atomic mass is 28.4. The van der Waals surface area contributed by atoms with Crippen LogP contribution < -0.4 is 40.0 Å². The minimum Gasteiger partial charge on any atom is -0.530 e. The summed E-state index contributed by atoms with van der Waals surface area (Å²) in [6.45, 7) is 12.5. The molecule has 0 unspecified atom stereocenters. The Hall–Kier alpha value is -6.87. The zero-order chi connectivity index (χ0) is 43.2. The molecule has 0 saturated heterocycles. The Labute approximate surface area is 366 Å². The average Bonchev–Trinajstić information content (AvgIpc) is 3.28. The van der Waals surface area contributed by atoms with E-state index in [-0.39, 0.29) is 11.6 Å². The Morgan fingerprint density at radius 2 is 0.484 bits per heavy atom. The third-order valence-electron chi connectivity index (χ3n) is 12.3. The summed E-state index contributed by atoms with van der Waals surface area (Å²) in [4.78, 5) is 29.2. The Balaban J connectivity index is 1.14. The predicted molar refractivity (Wildman–Crippen MR) is 257 cm³/mol. The van der Waals surface area contributed by atoms with E-state index < -0.39 is 16.6 Å². The molecule has 6 heteroatoms. The summed E-state index contributed by atoms with van der Waals surface area (Å²) in [6, 6.07) is 62.2. The molecule has 0 radical (unpaired) electrons. The molecule has 0 fully saturated rings. The third-order valence-corrected chi connectivity index (χ3v) is 20.2. The molecule has 8 aromatic rings. The smallest absolute Gasteiger partial charge is 0.346 e. The maximum atomic E-state index is 14.6. The summed E-state index contributed by atoms with van der Waals surface area (Å²) >= 11 is 0. The molecule has 0 heterocycles. The number of hydrogen-bond acceptors (Lipinski definition) is 4. The standard InChI is InChI=1S/C56H48O4Si2/c1-37-7-21-45(22-8-37)61(46-23-9-38(2)10-24-46,47-25-11-39(3)12-26-47)59-43-19-33-51-53(35-43)55(57)52-34-20-44(36-54(52)56(51)58)60-62(48-27-13-40(4)14-28-48,49-29-15-41(5)16-30-49)50-31-17-42(6)18-32-50/h7-36H,1-6H3. The monoisotopic (exact) mass is 840 g/mol. The fraction of sp³-hybridized carbons (Fsp3) is 0.107. The molecule has 0 saturated carbocycles. The molecule has 0 atom stereocenters. The van der Waals surface area contributed by atoms with Crippen LogP contribution in [0, 0.1) is 41.5 Å². The van der Waals surface area contributed by atoms with Gasteiger partial charge in [0.05, 0.1) is 0 Å². The summed E-state index contributed by atoms with van der Waals surface area (Å²) in [5.41, 5.74) is 8.29. The minimum atomic E-state index is -3.22. The molecule has 9 rings (SSSR count). The van der Waals surface area contributed by atoms with Crippen LogP contribution in [0.3, 0.4) is 0 Å². The van der Waals surface area contributed by atoms with Crippen LogP contribution in [-0.2, 0) is 0 Å². The first-order valence-corrected chi connectivity index (χ1v) is 24.9. The Morgan fingerprint density at radius 3 is 0.694 bits per heavy atom. The zero-order valence-electron chi connectivity index (χ0n) is 36.0. The highest BCUT2D eigenvalue weighted by Gasteiger charge is 2.46. The second-order valence-corrected chi connectivity index (χ2v) is 23.4. The number of hydrogen-bond donors (Lipinski definition) is 0. The molecular formula is C56H48O4Si2. The number of carbonyl (C=O) groups is 2. The summed E-state index contributed by atoms with van der Waals surface area (Å²) in [5, 5.41) is 6.47. The Bertz CT molecular complexity index is 2520.